The minimum atomic E-state index is -4.39. The summed E-state index contributed by atoms with van der Waals surface area (Å²) in [7, 11) is 3.66. The maximum Gasteiger partial charge on any atom is 0.417 e. The predicted octanol–water partition coefficient (Wildman–Crippen LogP) is 3.02. The third-order valence-electron chi connectivity index (χ3n) is 5.36. The van der Waals surface area contributed by atoms with Crippen LogP contribution in [0.25, 0.3) is 0 Å². The standard InChI is InChI=1S/C19H24F3N5O/c1-13-15(10-24-26(13)3)12-25(2)18(28)14-6-8-27(9-7-14)17-5-4-16(11-23-17)19(20,21)22/h4-5,10-11,14H,6-9,12H2,1-3H3. The number of nitrogens with zero attached hydrogens (tertiary/aromatic N) is 5. The molecule has 0 bridgehead atoms. The molecular formula is C19H24F3N5O. The predicted molar refractivity (Wildman–Crippen MR) is 98.6 cm³/mol. The van der Waals surface area contributed by atoms with E-state index in [2.05, 4.69) is 10.1 Å². The van der Waals surface area contributed by atoms with E-state index >= 15 is 0 Å². The number of anilines is 1. The Morgan fingerprint density at radius 3 is 2.43 bits per heavy atom. The van der Waals surface area contributed by atoms with Gasteiger partial charge in [0.15, 0.2) is 0 Å². The van der Waals surface area contributed by atoms with Crippen LogP contribution in [0.4, 0.5) is 19.0 Å². The molecule has 3 heterocycles. The first-order valence-electron chi connectivity index (χ1n) is 9.17. The molecule has 1 aliphatic heterocycles. The molecule has 3 rings (SSSR count). The molecule has 1 saturated heterocycles. The molecule has 0 spiro atoms. The maximum absolute atomic E-state index is 12.8. The van der Waals surface area contributed by atoms with Crippen molar-refractivity contribution in [2.45, 2.75) is 32.5 Å². The Labute approximate surface area is 162 Å². The van der Waals surface area contributed by atoms with E-state index in [-0.39, 0.29) is 11.8 Å². The summed E-state index contributed by atoms with van der Waals surface area (Å²) in [5.74, 6) is 0.509. The summed E-state index contributed by atoms with van der Waals surface area (Å²) in [5, 5.41) is 4.20. The third-order valence-corrected chi connectivity index (χ3v) is 5.36. The first kappa shape index (κ1) is 20.2. The molecule has 1 amide bonds. The van der Waals surface area contributed by atoms with Crippen LogP contribution in [0, 0.1) is 12.8 Å². The van der Waals surface area contributed by atoms with Crippen molar-refractivity contribution in [2.75, 3.05) is 25.0 Å². The molecule has 2 aromatic rings. The zero-order valence-electron chi connectivity index (χ0n) is 16.2. The van der Waals surface area contributed by atoms with Crippen molar-refractivity contribution < 1.29 is 18.0 Å². The van der Waals surface area contributed by atoms with Crippen molar-refractivity contribution >= 4 is 11.7 Å². The summed E-state index contributed by atoms with van der Waals surface area (Å²) >= 11 is 0. The smallest absolute Gasteiger partial charge is 0.357 e. The molecule has 0 atom stereocenters. The van der Waals surface area contributed by atoms with Crippen molar-refractivity contribution in [3.63, 3.8) is 0 Å². The van der Waals surface area contributed by atoms with Crippen molar-refractivity contribution in [1.82, 2.24) is 19.7 Å². The van der Waals surface area contributed by atoms with Gasteiger partial charge in [0, 0.05) is 57.1 Å². The van der Waals surface area contributed by atoms with Crippen LogP contribution in [0.1, 0.15) is 29.7 Å². The molecule has 152 valence electrons. The first-order valence-corrected chi connectivity index (χ1v) is 9.17. The zero-order valence-corrected chi connectivity index (χ0v) is 16.2. The number of piperidine rings is 1. The monoisotopic (exact) mass is 395 g/mol. The van der Waals surface area contributed by atoms with E-state index in [9.17, 15) is 18.0 Å². The van der Waals surface area contributed by atoms with Crippen LogP contribution in [0.3, 0.4) is 0 Å². The van der Waals surface area contributed by atoms with Gasteiger partial charge in [-0.1, -0.05) is 0 Å². The summed E-state index contributed by atoms with van der Waals surface area (Å²) in [5.41, 5.74) is 1.29. The van der Waals surface area contributed by atoms with Gasteiger partial charge in [-0.05, 0) is 31.9 Å². The number of carbonyl (C=O) groups is 1. The molecule has 9 heteroatoms. The highest BCUT2D eigenvalue weighted by molar-refractivity contribution is 5.79. The van der Waals surface area contributed by atoms with E-state index in [0.29, 0.717) is 38.3 Å². The van der Waals surface area contributed by atoms with E-state index in [4.69, 9.17) is 0 Å². The molecule has 1 aliphatic rings. The normalized spacial score (nSPS) is 15.7. The van der Waals surface area contributed by atoms with Crippen LogP contribution in [-0.2, 0) is 24.6 Å². The van der Waals surface area contributed by atoms with Gasteiger partial charge >= 0.3 is 6.18 Å². The molecule has 2 aromatic heterocycles. The number of hydrogen-bond acceptors (Lipinski definition) is 4. The Bertz CT molecular complexity index is 823. The largest absolute Gasteiger partial charge is 0.417 e. The summed E-state index contributed by atoms with van der Waals surface area (Å²) in [6.45, 7) is 3.67. The number of pyridine rings is 1. The number of aromatic nitrogens is 3. The lowest BCUT2D eigenvalue weighted by Gasteiger charge is -2.34. The summed E-state index contributed by atoms with van der Waals surface area (Å²) < 4.78 is 39.8. The van der Waals surface area contributed by atoms with Gasteiger partial charge < -0.3 is 9.80 Å². The quantitative estimate of drug-likeness (QED) is 0.799. The van der Waals surface area contributed by atoms with E-state index < -0.39 is 11.7 Å². The fourth-order valence-corrected chi connectivity index (χ4v) is 3.44. The zero-order chi connectivity index (χ0) is 20.5. The van der Waals surface area contributed by atoms with E-state index in [0.717, 1.165) is 23.5 Å². The molecule has 0 N–H and O–H groups in total. The van der Waals surface area contributed by atoms with Gasteiger partial charge in [0.2, 0.25) is 5.91 Å². The van der Waals surface area contributed by atoms with Crippen molar-refractivity contribution in [3.8, 4) is 0 Å². The fourth-order valence-electron chi connectivity index (χ4n) is 3.44. The molecular weight excluding hydrogens is 371 g/mol. The number of hydrogen-bond donors (Lipinski definition) is 0. The topological polar surface area (TPSA) is 54.3 Å². The Hall–Kier alpha value is -2.58. The lowest BCUT2D eigenvalue weighted by Crippen LogP contribution is -2.41. The summed E-state index contributed by atoms with van der Waals surface area (Å²) in [4.78, 5) is 20.4. The van der Waals surface area contributed by atoms with Gasteiger partial charge in [0.05, 0.1) is 11.8 Å². The molecule has 0 radical (unpaired) electrons. The second kappa shape index (κ2) is 7.81. The van der Waals surface area contributed by atoms with Crippen LogP contribution >= 0.6 is 0 Å². The third kappa shape index (κ3) is 4.28. The molecule has 0 aromatic carbocycles. The molecule has 0 aliphatic carbocycles. The Morgan fingerprint density at radius 1 is 1.25 bits per heavy atom. The van der Waals surface area contributed by atoms with Crippen molar-refractivity contribution in [2.24, 2.45) is 13.0 Å². The lowest BCUT2D eigenvalue weighted by atomic mass is 9.95. The van der Waals surface area contributed by atoms with Crippen molar-refractivity contribution in [1.29, 1.82) is 0 Å². The summed E-state index contributed by atoms with van der Waals surface area (Å²) in [6, 6.07) is 2.44. The van der Waals surface area contributed by atoms with Gasteiger partial charge in [-0.3, -0.25) is 9.48 Å². The highest BCUT2D eigenvalue weighted by Gasteiger charge is 2.32. The lowest BCUT2D eigenvalue weighted by molar-refractivity contribution is -0.138. The minimum absolute atomic E-state index is 0.0864. The van der Waals surface area contributed by atoms with Crippen LogP contribution in [0.15, 0.2) is 24.5 Å². The second-order valence-electron chi connectivity index (χ2n) is 7.24. The number of carbonyl (C=O) groups excluding carboxylic acids is 1. The Kier molecular flexibility index (Phi) is 5.62. The van der Waals surface area contributed by atoms with Gasteiger partial charge in [0.25, 0.3) is 0 Å². The number of aryl methyl sites for hydroxylation is 1. The average Bonchev–Trinajstić information content (AvgIpc) is 2.99. The van der Waals surface area contributed by atoms with Crippen LogP contribution in [0.2, 0.25) is 0 Å². The van der Waals surface area contributed by atoms with Gasteiger partial charge in [-0.15, -0.1) is 0 Å². The molecule has 1 fully saturated rings. The van der Waals surface area contributed by atoms with E-state index in [1.807, 2.05) is 18.9 Å². The minimum Gasteiger partial charge on any atom is -0.357 e. The van der Waals surface area contributed by atoms with Crippen molar-refractivity contribution in [3.05, 3.63) is 41.3 Å². The average molecular weight is 395 g/mol. The number of halogens is 3. The highest BCUT2D eigenvalue weighted by Crippen LogP contribution is 2.30. The SMILES string of the molecule is Cc1c(CN(C)C(=O)C2CCN(c3ccc(C(F)(F)F)cn3)CC2)cnn1C. The Morgan fingerprint density at radius 2 is 1.93 bits per heavy atom. The summed E-state index contributed by atoms with van der Waals surface area (Å²) in [6.07, 6.45) is -0.452. The van der Waals surface area contributed by atoms with Gasteiger partial charge in [-0.2, -0.15) is 18.3 Å². The van der Waals surface area contributed by atoms with E-state index in [1.54, 1.807) is 22.8 Å². The van der Waals surface area contributed by atoms with Gasteiger partial charge in [0.1, 0.15) is 5.82 Å². The number of rotatable bonds is 4. The second-order valence-corrected chi connectivity index (χ2v) is 7.24. The maximum atomic E-state index is 12.8. The Balaban J connectivity index is 1.55. The first-order chi connectivity index (χ1) is 13.2. The van der Waals surface area contributed by atoms with E-state index in [1.165, 1.54) is 6.07 Å². The molecule has 0 unspecified atom stereocenters. The highest BCUT2D eigenvalue weighted by atomic mass is 19.4. The van der Waals surface area contributed by atoms with Crippen LogP contribution < -0.4 is 4.90 Å². The van der Waals surface area contributed by atoms with Gasteiger partial charge in [-0.25, -0.2) is 4.98 Å². The van der Waals surface area contributed by atoms with Crippen LogP contribution in [0.5, 0.6) is 0 Å². The van der Waals surface area contributed by atoms with Crippen LogP contribution in [-0.4, -0.2) is 45.7 Å². The number of amides is 1. The molecule has 0 saturated carbocycles. The molecule has 28 heavy (non-hydrogen) atoms. The number of alkyl halides is 3. The molecule has 6 nitrogen and oxygen atoms in total. The fraction of sp³-hybridized carbons (Fsp3) is 0.526.